The number of aryl methyl sites for hydroxylation is 1. The van der Waals surface area contributed by atoms with Crippen molar-refractivity contribution in [3.8, 4) is 12.0 Å². The number of rotatable bonds is 7. The minimum absolute atomic E-state index is 0.384. The molecule has 0 spiro atoms. The third kappa shape index (κ3) is 4.98. The predicted octanol–water partition coefficient (Wildman–Crippen LogP) is 8.79. The molecule has 0 aliphatic heterocycles. The summed E-state index contributed by atoms with van der Waals surface area (Å²) in [5.41, 5.74) is 8.42. The number of nitrogens with zero attached hydrogens (tertiary/aromatic N) is 4. The van der Waals surface area contributed by atoms with Crippen LogP contribution < -0.4 is 5.19 Å². The summed E-state index contributed by atoms with van der Waals surface area (Å²) in [5, 5.41) is 15.8. The Morgan fingerprint density at radius 3 is 1.50 bits per heavy atom. The lowest BCUT2D eigenvalue weighted by Crippen LogP contribution is -2.37. The van der Waals surface area contributed by atoms with Crippen molar-refractivity contribution in [2.75, 3.05) is 0 Å². The summed E-state index contributed by atoms with van der Waals surface area (Å²) in [7, 11) is -2.29. The first-order chi connectivity index (χ1) is 21.0. The molecule has 0 aliphatic carbocycles. The van der Waals surface area contributed by atoms with Crippen LogP contribution in [-0.2, 0) is 12.1 Å². The maximum Gasteiger partial charge on any atom is 0.328 e. The summed E-state index contributed by atoms with van der Waals surface area (Å²) in [4.78, 5) is 0. The molecule has 8 heteroatoms. The molecule has 0 fully saturated rings. The van der Waals surface area contributed by atoms with E-state index in [-0.39, 0.29) is 8.80 Å². The second kappa shape index (κ2) is 10.7. The van der Waals surface area contributed by atoms with Crippen LogP contribution in [0.2, 0.25) is 45.8 Å². The summed E-state index contributed by atoms with van der Waals surface area (Å²) in [6.07, 6.45) is 0. The van der Waals surface area contributed by atoms with Crippen LogP contribution in [0.4, 0.5) is 0 Å². The highest BCUT2D eigenvalue weighted by molar-refractivity contribution is 6.88. The van der Waals surface area contributed by atoms with Crippen LogP contribution in [0.15, 0.2) is 77.2 Å². The van der Waals surface area contributed by atoms with Gasteiger partial charge in [-0.2, -0.15) is 0 Å². The van der Waals surface area contributed by atoms with Crippen molar-refractivity contribution < 1.29 is 4.42 Å². The molecule has 0 saturated carbocycles. The van der Waals surface area contributed by atoms with E-state index < -0.39 is 16.9 Å². The highest BCUT2D eigenvalue weighted by atomic mass is 28.3. The average molecular weight is 629 g/mol. The number of aromatic nitrogens is 4. The number of hydrogen-bond donors (Lipinski definition) is 0. The largest absolute Gasteiger partial charge is 0.388 e. The smallest absolute Gasteiger partial charge is 0.328 e. The van der Waals surface area contributed by atoms with Gasteiger partial charge in [-0.25, -0.2) is 0 Å². The SMILES string of the molecule is Cc1ccc2c(c1)c1cc(C[Si](C)C)ccc1n2-c1nnc(-n2c3ccc(C[Si](C)C)cc3c3cc([Si](C)(C)C)ccc32)o1. The highest BCUT2D eigenvalue weighted by Gasteiger charge is 2.23. The summed E-state index contributed by atoms with van der Waals surface area (Å²) < 4.78 is 10.9. The van der Waals surface area contributed by atoms with Crippen LogP contribution in [-0.4, -0.2) is 45.0 Å². The zero-order chi connectivity index (χ0) is 30.9. The van der Waals surface area contributed by atoms with Gasteiger partial charge in [0.05, 0.1) is 30.1 Å². The zero-order valence-corrected chi connectivity index (χ0v) is 30.0. The van der Waals surface area contributed by atoms with E-state index in [1.54, 1.807) is 0 Å². The first kappa shape index (κ1) is 29.0. The van der Waals surface area contributed by atoms with Crippen molar-refractivity contribution in [2.24, 2.45) is 0 Å². The Hall–Kier alpha value is -3.73. The fourth-order valence-corrected chi connectivity index (χ4v) is 9.79. The van der Waals surface area contributed by atoms with E-state index in [0.29, 0.717) is 12.0 Å². The molecule has 3 aromatic heterocycles. The molecule has 7 rings (SSSR count). The fraction of sp³-hybridized carbons (Fsp3) is 0.278. The van der Waals surface area contributed by atoms with Gasteiger partial charge >= 0.3 is 12.0 Å². The van der Waals surface area contributed by atoms with Gasteiger partial charge in [0.25, 0.3) is 0 Å². The maximum absolute atomic E-state index is 6.64. The molecule has 2 radical (unpaired) electrons. The Balaban J connectivity index is 1.44. The molecule has 7 aromatic rings. The van der Waals surface area contributed by atoms with Gasteiger partial charge < -0.3 is 4.42 Å². The van der Waals surface area contributed by atoms with Gasteiger partial charge in [-0.1, -0.05) is 108 Å². The van der Waals surface area contributed by atoms with E-state index in [2.05, 4.69) is 145 Å². The van der Waals surface area contributed by atoms with Crippen molar-refractivity contribution in [1.29, 1.82) is 0 Å². The first-order valence-electron chi connectivity index (χ1n) is 15.5. The van der Waals surface area contributed by atoms with Gasteiger partial charge in [0, 0.05) is 39.1 Å². The highest BCUT2D eigenvalue weighted by Crippen LogP contribution is 2.36. The van der Waals surface area contributed by atoms with Crippen molar-refractivity contribution in [1.82, 2.24) is 19.3 Å². The van der Waals surface area contributed by atoms with Crippen LogP contribution in [0.1, 0.15) is 16.7 Å². The predicted molar refractivity (Wildman–Crippen MR) is 193 cm³/mol. The van der Waals surface area contributed by atoms with Gasteiger partial charge in [-0.05, 0) is 61.5 Å². The van der Waals surface area contributed by atoms with Gasteiger partial charge in [0.1, 0.15) is 0 Å². The second-order valence-electron chi connectivity index (χ2n) is 14.0. The van der Waals surface area contributed by atoms with E-state index in [1.807, 2.05) is 0 Å². The van der Waals surface area contributed by atoms with Crippen LogP contribution in [0.5, 0.6) is 0 Å². The van der Waals surface area contributed by atoms with Gasteiger partial charge in [0.2, 0.25) is 0 Å². The fourth-order valence-electron chi connectivity index (χ4n) is 6.56. The van der Waals surface area contributed by atoms with E-state index >= 15 is 0 Å². The standard InChI is InChI=1S/C36H40N4OSi3/c1-23-9-13-31-27(17-23)28-18-24(21-42(2)3)10-14-32(28)39(31)35-37-38-36(41-35)40-33-15-11-25(22-43(4)5)19-29(33)30-20-26(44(6,7)8)12-16-34(30)40/h9-20H,21-22H2,1-8H3. The van der Waals surface area contributed by atoms with E-state index in [1.165, 1.54) is 43.4 Å². The van der Waals surface area contributed by atoms with E-state index in [0.717, 1.165) is 34.2 Å². The molecule has 5 nitrogen and oxygen atoms in total. The molecule has 0 saturated heterocycles. The quantitative estimate of drug-likeness (QED) is 0.166. The zero-order valence-electron chi connectivity index (χ0n) is 27.0. The molecule has 3 heterocycles. The lowest BCUT2D eigenvalue weighted by Gasteiger charge is -2.16. The molecule has 0 atom stereocenters. The molecule has 44 heavy (non-hydrogen) atoms. The van der Waals surface area contributed by atoms with Crippen molar-refractivity contribution in [3.63, 3.8) is 0 Å². The molecule has 0 unspecified atom stereocenters. The topological polar surface area (TPSA) is 48.8 Å². The van der Waals surface area contributed by atoms with Crippen molar-refractivity contribution >= 4 is 74.5 Å². The average Bonchev–Trinajstić information content (AvgIpc) is 3.63. The van der Waals surface area contributed by atoms with Crippen molar-refractivity contribution in [2.45, 2.75) is 64.8 Å². The van der Waals surface area contributed by atoms with Gasteiger partial charge in [-0.3, -0.25) is 9.13 Å². The van der Waals surface area contributed by atoms with Crippen LogP contribution in [0.25, 0.3) is 55.6 Å². The summed E-state index contributed by atoms with van der Waals surface area (Å²) in [6.45, 7) is 18.9. The van der Waals surface area contributed by atoms with Crippen LogP contribution >= 0.6 is 0 Å². The molecule has 0 bridgehead atoms. The van der Waals surface area contributed by atoms with Crippen LogP contribution in [0, 0.1) is 6.92 Å². The molecule has 0 aliphatic rings. The van der Waals surface area contributed by atoms with Gasteiger partial charge in [-0.15, -0.1) is 0 Å². The maximum atomic E-state index is 6.64. The number of benzene rings is 4. The Labute approximate surface area is 263 Å². The Morgan fingerprint density at radius 2 is 1.02 bits per heavy atom. The molecule has 0 N–H and O–H groups in total. The number of hydrogen-bond acceptors (Lipinski definition) is 3. The first-order valence-corrected chi connectivity index (χ1v) is 24.4. The summed E-state index contributed by atoms with van der Waals surface area (Å²) in [6, 6.07) is 30.6. The van der Waals surface area contributed by atoms with E-state index in [9.17, 15) is 0 Å². The molecule has 222 valence electrons. The Morgan fingerprint density at radius 1 is 0.591 bits per heavy atom. The molecular formula is C36H40N4OSi3. The molecule has 0 amide bonds. The minimum Gasteiger partial charge on any atom is -0.388 e. The lowest BCUT2D eigenvalue weighted by atomic mass is 10.1. The molecule has 4 aromatic carbocycles. The normalized spacial score (nSPS) is 12.7. The third-order valence-electron chi connectivity index (χ3n) is 8.58. The minimum atomic E-state index is -1.51. The van der Waals surface area contributed by atoms with Crippen LogP contribution in [0.3, 0.4) is 0 Å². The lowest BCUT2D eigenvalue weighted by molar-refractivity contribution is 0.515. The summed E-state index contributed by atoms with van der Waals surface area (Å²) >= 11 is 0. The van der Waals surface area contributed by atoms with Gasteiger partial charge in [0.15, 0.2) is 0 Å². The molecular weight excluding hydrogens is 589 g/mol. The van der Waals surface area contributed by atoms with E-state index in [4.69, 9.17) is 4.42 Å². The number of fused-ring (bicyclic) bond motifs is 6. The second-order valence-corrected chi connectivity index (χ2v) is 24.6. The van der Waals surface area contributed by atoms with Crippen molar-refractivity contribution in [3.05, 3.63) is 89.5 Å². The summed E-state index contributed by atoms with van der Waals surface area (Å²) in [5.74, 6) is 0. The Bertz CT molecular complexity index is 2200. The monoisotopic (exact) mass is 628 g/mol. The Kier molecular flexibility index (Phi) is 7.06. The third-order valence-corrected chi connectivity index (χ3v) is 12.9.